The van der Waals surface area contributed by atoms with Crippen molar-refractivity contribution in [2.45, 2.75) is 6.54 Å². The molecular weight excluding hydrogens is 297 g/mol. The number of quaternary nitrogens is 1. The molecule has 0 aliphatic heterocycles. The standard InChI is InChI=1S/C13H19IN/c1-3-10-15(2,11-9-14)12-13-7-5-4-6-8-13/h3-8H,1,9-12H2,2H3/q+1. The molecule has 15 heavy (non-hydrogen) atoms. The second-order valence-electron chi connectivity index (χ2n) is 4.15. The van der Waals surface area contributed by atoms with Crippen LogP contribution in [0.15, 0.2) is 43.0 Å². The highest BCUT2D eigenvalue weighted by atomic mass is 127. The quantitative estimate of drug-likeness (QED) is 0.327. The van der Waals surface area contributed by atoms with Gasteiger partial charge in [0, 0.05) is 9.99 Å². The molecule has 1 unspecified atom stereocenters. The molecule has 0 saturated carbocycles. The number of benzene rings is 1. The normalized spacial score (nSPS) is 14.5. The van der Waals surface area contributed by atoms with Gasteiger partial charge in [-0.25, -0.2) is 0 Å². The highest BCUT2D eigenvalue weighted by molar-refractivity contribution is 14.1. The summed E-state index contributed by atoms with van der Waals surface area (Å²) >= 11 is 2.45. The Kier molecular flexibility index (Phi) is 5.32. The van der Waals surface area contributed by atoms with Crippen LogP contribution in [0.3, 0.4) is 0 Å². The van der Waals surface area contributed by atoms with Crippen molar-refractivity contribution < 1.29 is 4.48 Å². The van der Waals surface area contributed by atoms with Gasteiger partial charge in [-0.05, 0) is 6.08 Å². The number of hydrogen-bond acceptors (Lipinski definition) is 0. The predicted molar refractivity (Wildman–Crippen MR) is 75.1 cm³/mol. The van der Waals surface area contributed by atoms with Crippen LogP contribution >= 0.6 is 22.6 Å². The molecule has 0 bridgehead atoms. The topological polar surface area (TPSA) is 0 Å². The van der Waals surface area contributed by atoms with Crippen molar-refractivity contribution in [1.29, 1.82) is 0 Å². The third-order valence-corrected chi connectivity index (χ3v) is 3.08. The lowest BCUT2D eigenvalue weighted by atomic mass is 10.2. The molecule has 0 spiro atoms. The Morgan fingerprint density at radius 2 is 2.00 bits per heavy atom. The van der Waals surface area contributed by atoms with Gasteiger partial charge in [-0.1, -0.05) is 59.5 Å². The van der Waals surface area contributed by atoms with Gasteiger partial charge in [0.2, 0.25) is 0 Å². The summed E-state index contributed by atoms with van der Waals surface area (Å²) < 4.78 is 2.24. The molecule has 1 atom stereocenters. The van der Waals surface area contributed by atoms with Gasteiger partial charge in [-0.2, -0.15) is 0 Å². The summed E-state index contributed by atoms with van der Waals surface area (Å²) in [6, 6.07) is 10.7. The van der Waals surface area contributed by atoms with E-state index in [-0.39, 0.29) is 0 Å². The minimum atomic E-state index is 1.04. The van der Waals surface area contributed by atoms with Gasteiger partial charge in [0.05, 0.1) is 20.1 Å². The van der Waals surface area contributed by atoms with Crippen LogP contribution in [0.4, 0.5) is 0 Å². The monoisotopic (exact) mass is 316 g/mol. The average molecular weight is 316 g/mol. The second-order valence-corrected chi connectivity index (χ2v) is 5.23. The first kappa shape index (κ1) is 12.7. The van der Waals surface area contributed by atoms with E-state index < -0.39 is 0 Å². The van der Waals surface area contributed by atoms with Gasteiger partial charge in [0.15, 0.2) is 0 Å². The molecule has 0 aliphatic carbocycles. The number of likely N-dealkylation sites (N-methyl/N-ethyl adjacent to an activating group) is 1. The van der Waals surface area contributed by atoms with E-state index in [2.05, 4.69) is 66.5 Å². The van der Waals surface area contributed by atoms with Crippen molar-refractivity contribution >= 4 is 22.6 Å². The number of halogens is 1. The number of alkyl halides is 1. The minimum Gasteiger partial charge on any atom is -0.318 e. The number of rotatable bonds is 6. The number of nitrogens with zero attached hydrogens (tertiary/aromatic N) is 1. The maximum atomic E-state index is 3.85. The summed E-state index contributed by atoms with van der Waals surface area (Å²) in [5, 5.41) is 0. The fourth-order valence-corrected chi connectivity index (χ4v) is 2.94. The zero-order valence-electron chi connectivity index (χ0n) is 9.32. The largest absolute Gasteiger partial charge is 0.318 e. The van der Waals surface area contributed by atoms with E-state index >= 15 is 0 Å². The molecule has 0 aromatic heterocycles. The van der Waals surface area contributed by atoms with Crippen LogP contribution in [0.5, 0.6) is 0 Å². The molecule has 0 radical (unpaired) electrons. The van der Waals surface area contributed by atoms with E-state index in [4.69, 9.17) is 0 Å². The predicted octanol–water partition coefficient (Wildman–Crippen LogP) is 3.25. The van der Waals surface area contributed by atoms with Crippen molar-refractivity contribution in [1.82, 2.24) is 0 Å². The van der Waals surface area contributed by atoms with Gasteiger partial charge in [0.25, 0.3) is 0 Å². The Labute approximate surface area is 107 Å². The summed E-state index contributed by atoms with van der Waals surface area (Å²) in [7, 11) is 2.30. The lowest BCUT2D eigenvalue weighted by Gasteiger charge is -2.33. The first-order valence-corrected chi connectivity index (χ1v) is 6.77. The zero-order valence-corrected chi connectivity index (χ0v) is 11.5. The first-order chi connectivity index (χ1) is 7.20. The van der Waals surface area contributed by atoms with Gasteiger partial charge < -0.3 is 4.48 Å². The molecule has 1 aromatic rings. The van der Waals surface area contributed by atoms with E-state index in [1.807, 2.05) is 6.08 Å². The summed E-state index contributed by atoms with van der Waals surface area (Å²) in [5.74, 6) is 0. The molecular formula is C13H19IN+. The van der Waals surface area contributed by atoms with Crippen LogP contribution in [0, 0.1) is 0 Å². The van der Waals surface area contributed by atoms with Crippen molar-refractivity contribution in [3.63, 3.8) is 0 Å². The highest BCUT2D eigenvalue weighted by Crippen LogP contribution is 2.12. The lowest BCUT2D eigenvalue weighted by molar-refractivity contribution is -0.914. The van der Waals surface area contributed by atoms with E-state index in [0.717, 1.165) is 17.6 Å². The molecule has 0 amide bonds. The molecule has 0 fully saturated rings. The van der Waals surface area contributed by atoms with E-state index in [0.29, 0.717) is 0 Å². The maximum Gasteiger partial charge on any atom is 0.104 e. The van der Waals surface area contributed by atoms with E-state index in [1.54, 1.807) is 0 Å². The Hall–Kier alpha value is -0.350. The van der Waals surface area contributed by atoms with Crippen LogP contribution in [0.2, 0.25) is 0 Å². The molecule has 0 N–H and O–H groups in total. The number of hydrogen-bond donors (Lipinski definition) is 0. The molecule has 0 saturated heterocycles. The molecule has 1 aromatic carbocycles. The van der Waals surface area contributed by atoms with Gasteiger partial charge >= 0.3 is 0 Å². The van der Waals surface area contributed by atoms with Crippen LogP contribution in [0.1, 0.15) is 5.56 Å². The van der Waals surface area contributed by atoms with E-state index in [9.17, 15) is 0 Å². The molecule has 0 aliphatic rings. The Balaban J connectivity index is 2.70. The van der Waals surface area contributed by atoms with Crippen LogP contribution in [0.25, 0.3) is 0 Å². The van der Waals surface area contributed by atoms with Crippen LogP contribution in [-0.4, -0.2) is 29.0 Å². The van der Waals surface area contributed by atoms with Crippen molar-refractivity contribution in [3.05, 3.63) is 48.6 Å². The van der Waals surface area contributed by atoms with Crippen molar-refractivity contribution in [2.75, 3.05) is 24.6 Å². The zero-order chi connectivity index (χ0) is 11.1. The fourth-order valence-electron chi connectivity index (χ4n) is 1.77. The van der Waals surface area contributed by atoms with Crippen molar-refractivity contribution in [2.24, 2.45) is 0 Å². The fraction of sp³-hybridized carbons (Fsp3) is 0.385. The SMILES string of the molecule is C=CC[N+](C)(CCI)Cc1ccccc1. The first-order valence-electron chi connectivity index (χ1n) is 5.24. The van der Waals surface area contributed by atoms with Gasteiger partial charge in [0.1, 0.15) is 6.54 Å². The highest BCUT2D eigenvalue weighted by Gasteiger charge is 2.19. The summed E-state index contributed by atoms with van der Waals surface area (Å²) in [6.07, 6.45) is 2.02. The van der Waals surface area contributed by atoms with Gasteiger partial charge in [-0.3, -0.25) is 0 Å². The Morgan fingerprint density at radius 1 is 1.33 bits per heavy atom. The Bertz CT molecular complexity index is 297. The second kappa shape index (κ2) is 6.28. The lowest BCUT2D eigenvalue weighted by Crippen LogP contribution is -2.44. The van der Waals surface area contributed by atoms with Crippen LogP contribution in [-0.2, 0) is 6.54 Å². The molecule has 0 heterocycles. The van der Waals surface area contributed by atoms with Crippen LogP contribution < -0.4 is 0 Å². The Morgan fingerprint density at radius 3 is 2.53 bits per heavy atom. The molecule has 1 nitrogen and oxygen atoms in total. The van der Waals surface area contributed by atoms with E-state index in [1.165, 1.54) is 16.5 Å². The van der Waals surface area contributed by atoms with Crippen molar-refractivity contribution in [3.8, 4) is 0 Å². The van der Waals surface area contributed by atoms with Gasteiger partial charge in [-0.15, -0.1) is 0 Å². The average Bonchev–Trinajstić information content (AvgIpc) is 2.19. The molecule has 82 valence electrons. The maximum absolute atomic E-state index is 3.85. The minimum absolute atomic E-state index is 1.04. The third-order valence-electron chi connectivity index (χ3n) is 2.60. The summed E-state index contributed by atoms with van der Waals surface area (Å²) in [5.41, 5.74) is 1.41. The molecule has 1 rings (SSSR count). The third kappa shape index (κ3) is 4.34. The smallest absolute Gasteiger partial charge is 0.104 e. The molecule has 2 heteroatoms. The summed E-state index contributed by atoms with van der Waals surface area (Å²) in [4.78, 5) is 0. The summed E-state index contributed by atoms with van der Waals surface area (Å²) in [6.45, 7) is 7.18.